The van der Waals surface area contributed by atoms with Crippen molar-refractivity contribution in [1.82, 2.24) is 19.9 Å². The number of piperidine rings is 1. The van der Waals surface area contributed by atoms with Gasteiger partial charge in [-0.25, -0.2) is 19.7 Å². The maximum absolute atomic E-state index is 12.5. The highest BCUT2D eigenvalue weighted by Crippen LogP contribution is 2.39. The van der Waals surface area contributed by atoms with E-state index in [1.54, 1.807) is 25.5 Å². The lowest BCUT2D eigenvalue weighted by molar-refractivity contribution is -0.157. The molecule has 1 fully saturated rings. The molecule has 0 saturated carbocycles. The number of rotatable bonds is 6. The van der Waals surface area contributed by atoms with Crippen molar-refractivity contribution < 1.29 is 19.1 Å². The van der Waals surface area contributed by atoms with Gasteiger partial charge in [0.05, 0.1) is 23.0 Å². The molecule has 0 bridgehead atoms. The average molecular weight is 546 g/mol. The number of esters is 1. The summed E-state index contributed by atoms with van der Waals surface area (Å²) < 4.78 is 5.76. The maximum atomic E-state index is 12.5. The van der Waals surface area contributed by atoms with Crippen LogP contribution in [-0.4, -0.2) is 64.5 Å². The molecule has 1 aliphatic heterocycles. The number of carbonyl (C=O) groups is 3. The minimum atomic E-state index is -1.27. The van der Waals surface area contributed by atoms with E-state index in [9.17, 15) is 14.4 Å². The lowest BCUT2D eigenvalue weighted by atomic mass is 9.80. The second-order valence-electron chi connectivity index (χ2n) is 9.36. The molecule has 5 rings (SSSR count). The van der Waals surface area contributed by atoms with Gasteiger partial charge in [-0.2, -0.15) is 0 Å². The minimum absolute atomic E-state index is 0.142. The molecule has 0 radical (unpaired) electrons. The Kier molecular flexibility index (Phi) is 6.96. The van der Waals surface area contributed by atoms with Crippen molar-refractivity contribution in [2.45, 2.75) is 20.3 Å². The Morgan fingerprint density at radius 1 is 1.18 bits per heavy atom. The van der Waals surface area contributed by atoms with Gasteiger partial charge in [-0.1, -0.05) is 17.4 Å². The first-order chi connectivity index (χ1) is 18.7. The molecule has 1 saturated heterocycles. The summed E-state index contributed by atoms with van der Waals surface area (Å²) in [6.07, 6.45) is 5.33. The van der Waals surface area contributed by atoms with Crippen LogP contribution >= 0.6 is 11.3 Å². The zero-order valence-electron chi connectivity index (χ0n) is 21.7. The van der Waals surface area contributed by atoms with Crippen molar-refractivity contribution in [1.29, 1.82) is 0 Å². The number of ether oxygens (including phenoxy) is 1. The van der Waals surface area contributed by atoms with E-state index in [-0.39, 0.29) is 18.7 Å². The van der Waals surface area contributed by atoms with Gasteiger partial charge < -0.3 is 15.4 Å². The number of Topliss-reactive ketones (excluding diaryl/α,β-unsaturated/α-hetero) is 1. The van der Waals surface area contributed by atoms with E-state index in [2.05, 4.69) is 15.0 Å². The zero-order valence-corrected chi connectivity index (χ0v) is 22.6. The Morgan fingerprint density at radius 2 is 1.95 bits per heavy atom. The number of benzene rings is 1. The van der Waals surface area contributed by atoms with E-state index in [0.29, 0.717) is 29.7 Å². The van der Waals surface area contributed by atoms with Crippen molar-refractivity contribution in [3.8, 4) is 22.4 Å². The fraction of sp³-hybridized carbons (Fsp3) is 0.296. The van der Waals surface area contributed by atoms with Crippen LogP contribution < -0.4 is 15.5 Å². The second kappa shape index (κ2) is 10.4. The number of pyridine rings is 1. The van der Waals surface area contributed by atoms with Crippen LogP contribution in [0.3, 0.4) is 0 Å². The molecule has 1 atom stereocenters. The third-order valence-electron chi connectivity index (χ3n) is 6.85. The molecule has 200 valence electrons. The highest BCUT2D eigenvalue weighted by atomic mass is 32.1. The number of fused-ring (bicyclic) bond motifs is 1. The lowest BCUT2D eigenvalue weighted by Crippen LogP contribution is -2.53. The summed E-state index contributed by atoms with van der Waals surface area (Å²) in [5.74, 6) is -0.300. The maximum Gasteiger partial charge on any atom is 0.321 e. The molecule has 39 heavy (non-hydrogen) atoms. The van der Waals surface area contributed by atoms with Gasteiger partial charge in [-0.3, -0.25) is 19.5 Å². The Hall–Kier alpha value is -4.45. The van der Waals surface area contributed by atoms with E-state index >= 15 is 0 Å². The van der Waals surface area contributed by atoms with E-state index in [0.717, 1.165) is 27.1 Å². The normalized spacial score (nSPS) is 17.3. The zero-order chi connectivity index (χ0) is 27.7. The highest BCUT2D eigenvalue weighted by Gasteiger charge is 2.46. The lowest BCUT2D eigenvalue weighted by Gasteiger charge is -2.36. The fourth-order valence-electron chi connectivity index (χ4n) is 4.67. The third-order valence-corrected chi connectivity index (χ3v) is 7.98. The number of carbonyl (C=O) groups excluding carboxylic acids is 3. The Balaban J connectivity index is 1.53. The molecule has 4 heterocycles. The molecule has 1 aromatic carbocycles. The predicted octanol–water partition coefficient (Wildman–Crippen LogP) is 3.68. The Morgan fingerprint density at radius 3 is 2.59 bits per heavy atom. The third kappa shape index (κ3) is 4.78. The second-order valence-corrected chi connectivity index (χ2v) is 10.3. The van der Waals surface area contributed by atoms with Gasteiger partial charge in [-0.15, -0.1) is 0 Å². The molecule has 11 nitrogen and oxygen atoms in total. The SMILES string of the molecule is CCN(C(N)=O)c1nc2cc(-c3cnc(N4CCC(=O)C(C)(C(=O)OC)C4)nc3)cc(-c3ccccn3)c2s1. The monoisotopic (exact) mass is 545 g/mol. The van der Waals surface area contributed by atoms with E-state index in [1.807, 2.05) is 42.2 Å². The summed E-state index contributed by atoms with van der Waals surface area (Å²) in [7, 11) is 1.28. The minimum Gasteiger partial charge on any atom is -0.468 e. The quantitative estimate of drug-likeness (QED) is 0.283. The van der Waals surface area contributed by atoms with Gasteiger partial charge in [0.1, 0.15) is 5.41 Å². The van der Waals surface area contributed by atoms with Crippen LogP contribution in [0.1, 0.15) is 20.3 Å². The van der Waals surface area contributed by atoms with Crippen LogP contribution in [0.25, 0.3) is 32.6 Å². The van der Waals surface area contributed by atoms with Crippen LogP contribution in [0.5, 0.6) is 0 Å². The van der Waals surface area contributed by atoms with Crippen LogP contribution in [0.2, 0.25) is 0 Å². The number of hydrogen-bond donors (Lipinski definition) is 1. The largest absolute Gasteiger partial charge is 0.468 e. The first-order valence-electron chi connectivity index (χ1n) is 12.4. The number of urea groups is 1. The Labute approximate surface area is 228 Å². The van der Waals surface area contributed by atoms with Gasteiger partial charge in [0.2, 0.25) is 5.95 Å². The van der Waals surface area contributed by atoms with Gasteiger partial charge in [0.15, 0.2) is 10.9 Å². The molecule has 1 unspecified atom stereocenters. The van der Waals surface area contributed by atoms with E-state index < -0.39 is 17.4 Å². The van der Waals surface area contributed by atoms with Crippen LogP contribution in [0.4, 0.5) is 15.9 Å². The summed E-state index contributed by atoms with van der Waals surface area (Å²) in [5, 5.41) is 0.509. The van der Waals surface area contributed by atoms with Crippen LogP contribution in [0.15, 0.2) is 48.9 Å². The number of methoxy groups -OCH3 is 1. The van der Waals surface area contributed by atoms with Crippen molar-refractivity contribution >= 4 is 50.4 Å². The van der Waals surface area contributed by atoms with Crippen molar-refractivity contribution in [3.63, 3.8) is 0 Å². The number of primary amides is 1. The number of amides is 2. The van der Waals surface area contributed by atoms with E-state index in [1.165, 1.54) is 23.3 Å². The molecule has 0 aliphatic carbocycles. The average Bonchev–Trinajstić information content (AvgIpc) is 3.38. The number of anilines is 2. The van der Waals surface area contributed by atoms with Gasteiger partial charge in [0, 0.05) is 55.8 Å². The summed E-state index contributed by atoms with van der Waals surface area (Å²) in [6, 6.07) is 9.03. The number of nitrogens with zero attached hydrogens (tertiary/aromatic N) is 6. The van der Waals surface area contributed by atoms with Gasteiger partial charge >= 0.3 is 12.0 Å². The molecule has 2 N–H and O–H groups in total. The number of thiazole rings is 1. The molecular weight excluding hydrogens is 518 g/mol. The number of ketones is 1. The number of nitrogens with two attached hydrogens (primary N) is 1. The van der Waals surface area contributed by atoms with Gasteiger partial charge in [0.25, 0.3) is 0 Å². The van der Waals surface area contributed by atoms with Crippen molar-refractivity contribution in [2.75, 3.05) is 36.5 Å². The molecular formula is C27H27N7O4S. The smallest absolute Gasteiger partial charge is 0.321 e. The van der Waals surface area contributed by atoms with E-state index in [4.69, 9.17) is 15.5 Å². The summed E-state index contributed by atoms with van der Waals surface area (Å²) in [6.45, 7) is 4.38. The summed E-state index contributed by atoms with van der Waals surface area (Å²) in [5.41, 5.74) is 8.19. The highest BCUT2D eigenvalue weighted by molar-refractivity contribution is 7.23. The first kappa shape index (κ1) is 26.2. The molecule has 3 aromatic heterocycles. The molecule has 12 heteroatoms. The number of hydrogen-bond acceptors (Lipinski definition) is 10. The summed E-state index contributed by atoms with van der Waals surface area (Å²) in [4.78, 5) is 58.4. The first-order valence-corrected chi connectivity index (χ1v) is 13.2. The molecule has 4 aromatic rings. The van der Waals surface area contributed by atoms with Crippen molar-refractivity contribution in [2.24, 2.45) is 11.1 Å². The van der Waals surface area contributed by atoms with Crippen LogP contribution in [-0.2, 0) is 14.3 Å². The number of aromatic nitrogens is 4. The van der Waals surface area contributed by atoms with Crippen LogP contribution in [0, 0.1) is 5.41 Å². The van der Waals surface area contributed by atoms with Gasteiger partial charge in [-0.05, 0) is 43.7 Å². The molecule has 0 spiro atoms. The Bertz CT molecular complexity index is 1550. The fourth-order valence-corrected chi connectivity index (χ4v) is 5.81. The standard InChI is InChI=1S/C27H27N7O4S/c1-4-34(24(28)37)26-32-20-12-16(11-18(22(20)39-26)19-7-5-6-9-29-19)17-13-30-25(31-14-17)33-10-8-21(35)27(2,15-33)23(36)38-3/h5-7,9,11-14H,4,8,10,15H2,1-3H3,(H2,28,37). The summed E-state index contributed by atoms with van der Waals surface area (Å²) >= 11 is 1.38. The molecule has 1 aliphatic rings. The topological polar surface area (TPSA) is 144 Å². The van der Waals surface area contributed by atoms with Crippen molar-refractivity contribution in [3.05, 3.63) is 48.9 Å². The molecule has 2 amide bonds. The predicted molar refractivity (Wildman–Crippen MR) is 148 cm³/mol.